The van der Waals surface area contributed by atoms with E-state index >= 15 is 0 Å². The van der Waals surface area contributed by atoms with Gasteiger partial charge in [0.1, 0.15) is 5.75 Å². The first-order valence-electron chi connectivity index (χ1n) is 8.24. The van der Waals surface area contributed by atoms with Crippen LogP contribution in [0.4, 0.5) is 0 Å². The number of aryl methyl sites for hydroxylation is 1. The molecule has 4 heteroatoms. The van der Waals surface area contributed by atoms with Crippen LogP contribution in [0.15, 0.2) is 24.3 Å². The summed E-state index contributed by atoms with van der Waals surface area (Å²) in [6, 6.07) is 7.89. The Kier molecular flexibility index (Phi) is 10.1. The molecule has 124 valence electrons. The summed E-state index contributed by atoms with van der Waals surface area (Å²) in [6.45, 7) is 2.42. The van der Waals surface area contributed by atoms with Gasteiger partial charge in [0.2, 0.25) is 0 Å². The van der Waals surface area contributed by atoms with E-state index in [-0.39, 0.29) is 12.6 Å². The van der Waals surface area contributed by atoms with Gasteiger partial charge in [-0.05, 0) is 43.9 Å². The van der Waals surface area contributed by atoms with Crippen molar-refractivity contribution < 1.29 is 19.4 Å². The Labute approximate surface area is 133 Å². The lowest BCUT2D eigenvalue weighted by molar-refractivity contribution is -0.145. The first-order valence-corrected chi connectivity index (χ1v) is 8.24. The van der Waals surface area contributed by atoms with Gasteiger partial charge in [-0.1, -0.05) is 37.8 Å². The molecule has 0 radical (unpaired) electrons. The molecular formula is C18H28O4. The van der Waals surface area contributed by atoms with E-state index in [1.165, 1.54) is 24.8 Å². The summed E-state index contributed by atoms with van der Waals surface area (Å²) in [7, 11) is 0. The standard InChI is InChI=1S/C18H28O4/c1-2-21-18(20)15-22-17-12-9-11-16(14-17)10-7-5-3-4-6-8-13-19/h9,11-12,14,19H,2-8,10,13,15H2,1H3. The lowest BCUT2D eigenvalue weighted by atomic mass is 10.0. The van der Waals surface area contributed by atoms with Crippen molar-refractivity contribution in [2.24, 2.45) is 0 Å². The Morgan fingerprint density at radius 1 is 1.09 bits per heavy atom. The number of rotatable bonds is 12. The number of ether oxygens (including phenoxy) is 2. The molecule has 1 rings (SSSR count). The number of esters is 1. The number of aliphatic hydroxyl groups excluding tert-OH is 1. The zero-order valence-corrected chi connectivity index (χ0v) is 13.6. The number of carbonyl (C=O) groups is 1. The fourth-order valence-corrected chi connectivity index (χ4v) is 2.28. The van der Waals surface area contributed by atoms with Gasteiger partial charge in [-0.3, -0.25) is 0 Å². The monoisotopic (exact) mass is 308 g/mol. The van der Waals surface area contributed by atoms with Crippen molar-refractivity contribution in [1.29, 1.82) is 0 Å². The second-order valence-corrected chi connectivity index (χ2v) is 5.34. The molecule has 0 aliphatic heterocycles. The highest BCUT2D eigenvalue weighted by atomic mass is 16.6. The maximum absolute atomic E-state index is 11.3. The van der Waals surface area contributed by atoms with Crippen molar-refractivity contribution >= 4 is 5.97 Å². The highest BCUT2D eigenvalue weighted by Gasteiger charge is 2.03. The predicted molar refractivity (Wildman–Crippen MR) is 87.1 cm³/mol. The molecule has 0 saturated carbocycles. The molecule has 0 unspecified atom stereocenters. The summed E-state index contributed by atoms with van der Waals surface area (Å²) in [5, 5.41) is 8.71. The summed E-state index contributed by atoms with van der Waals surface area (Å²) in [5.74, 6) is 0.379. The number of hydrogen-bond acceptors (Lipinski definition) is 4. The van der Waals surface area contributed by atoms with Gasteiger partial charge in [0.25, 0.3) is 0 Å². The van der Waals surface area contributed by atoms with E-state index in [2.05, 4.69) is 6.07 Å². The predicted octanol–water partition coefficient (Wildman–Crippen LogP) is 3.50. The van der Waals surface area contributed by atoms with E-state index in [1.54, 1.807) is 6.92 Å². The van der Waals surface area contributed by atoms with Crippen molar-refractivity contribution in [3.8, 4) is 5.75 Å². The SMILES string of the molecule is CCOC(=O)COc1cccc(CCCCCCCCO)c1. The fraction of sp³-hybridized carbons (Fsp3) is 0.611. The third-order valence-corrected chi connectivity index (χ3v) is 3.43. The third kappa shape index (κ3) is 8.67. The molecule has 1 N–H and O–H groups in total. The maximum Gasteiger partial charge on any atom is 0.344 e. The Balaban J connectivity index is 2.21. The molecule has 0 amide bonds. The summed E-state index contributed by atoms with van der Waals surface area (Å²) in [4.78, 5) is 11.3. The van der Waals surface area contributed by atoms with Gasteiger partial charge in [0, 0.05) is 6.61 Å². The second-order valence-electron chi connectivity index (χ2n) is 5.34. The number of unbranched alkanes of at least 4 members (excludes halogenated alkanes) is 5. The molecule has 0 aromatic heterocycles. The molecule has 0 bridgehead atoms. The van der Waals surface area contributed by atoms with Crippen molar-refractivity contribution in [2.75, 3.05) is 19.8 Å². The first-order chi connectivity index (χ1) is 10.8. The topological polar surface area (TPSA) is 55.8 Å². The summed E-state index contributed by atoms with van der Waals surface area (Å²) in [5.41, 5.74) is 1.23. The smallest absolute Gasteiger partial charge is 0.344 e. The number of hydrogen-bond donors (Lipinski definition) is 1. The van der Waals surface area contributed by atoms with Crippen LogP contribution in [0, 0.1) is 0 Å². The molecule has 0 spiro atoms. The molecule has 4 nitrogen and oxygen atoms in total. The Morgan fingerprint density at radius 3 is 2.55 bits per heavy atom. The van der Waals surface area contributed by atoms with E-state index < -0.39 is 0 Å². The van der Waals surface area contributed by atoms with E-state index in [1.807, 2.05) is 18.2 Å². The molecular weight excluding hydrogens is 280 g/mol. The quantitative estimate of drug-likeness (QED) is 0.474. The van der Waals surface area contributed by atoms with Gasteiger partial charge in [-0.25, -0.2) is 4.79 Å². The van der Waals surface area contributed by atoms with Crippen molar-refractivity contribution in [3.63, 3.8) is 0 Å². The molecule has 0 heterocycles. The molecule has 22 heavy (non-hydrogen) atoms. The van der Waals surface area contributed by atoms with E-state index in [9.17, 15) is 4.79 Å². The van der Waals surface area contributed by atoms with E-state index in [0.29, 0.717) is 19.0 Å². The third-order valence-electron chi connectivity index (χ3n) is 3.43. The Bertz CT molecular complexity index is 417. The van der Waals surface area contributed by atoms with Crippen LogP contribution in [0.5, 0.6) is 5.75 Å². The van der Waals surface area contributed by atoms with Gasteiger partial charge in [-0.15, -0.1) is 0 Å². The van der Waals surface area contributed by atoms with Gasteiger partial charge >= 0.3 is 5.97 Å². The van der Waals surface area contributed by atoms with Gasteiger partial charge in [0.15, 0.2) is 6.61 Å². The molecule has 0 aliphatic carbocycles. The Morgan fingerprint density at radius 2 is 1.82 bits per heavy atom. The van der Waals surface area contributed by atoms with Crippen LogP contribution in [0.2, 0.25) is 0 Å². The highest BCUT2D eigenvalue weighted by molar-refractivity contribution is 5.71. The number of aliphatic hydroxyl groups is 1. The van der Waals surface area contributed by atoms with Crippen LogP contribution in [0.3, 0.4) is 0 Å². The zero-order valence-electron chi connectivity index (χ0n) is 13.6. The fourth-order valence-electron chi connectivity index (χ4n) is 2.28. The number of benzene rings is 1. The Hall–Kier alpha value is -1.55. The normalized spacial score (nSPS) is 10.5. The zero-order chi connectivity index (χ0) is 16.0. The van der Waals surface area contributed by atoms with Gasteiger partial charge in [0.05, 0.1) is 6.61 Å². The maximum atomic E-state index is 11.3. The molecule has 0 aliphatic rings. The van der Waals surface area contributed by atoms with Crippen LogP contribution < -0.4 is 4.74 Å². The van der Waals surface area contributed by atoms with Crippen LogP contribution in [0.1, 0.15) is 51.0 Å². The summed E-state index contributed by atoms with van der Waals surface area (Å²) < 4.78 is 10.3. The molecule has 1 aromatic carbocycles. The molecule has 0 atom stereocenters. The number of carbonyl (C=O) groups excluding carboxylic acids is 1. The molecule has 0 saturated heterocycles. The van der Waals surface area contributed by atoms with Crippen LogP contribution in [-0.2, 0) is 16.0 Å². The first kappa shape index (κ1) is 18.5. The molecule has 1 aromatic rings. The van der Waals surface area contributed by atoms with Gasteiger partial charge in [-0.2, -0.15) is 0 Å². The molecule has 0 fully saturated rings. The van der Waals surface area contributed by atoms with Crippen LogP contribution in [0.25, 0.3) is 0 Å². The lowest BCUT2D eigenvalue weighted by Crippen LogP contribution is -2.14. The highest BCUT2D eigenvalue weighted by Crippen LogP contribution is 2.16. The van der Waals surface area contributed by atoms with Crippen molar-refractivity contribution in [1.82, 2.24) is 0 Å². The second kappa shape index (κ2) is 12.0. The summed E-state index contributed by atoms with van der Waals surface area (Å²) >= 11 is 0. The minimum Gasteiger partial charge on any atom is -0.482 e. The average molecular weight is 308 g/mol. The lowest BCUT2D eigenvalue weighted by Gasteiger charge is -2.08. The van der Waals surface area contributed by atoms with Crippen molar-refractivity contribution in [3.05, 3.63) is 29.8 Å². The van der Waals surface area contributed by atoms with Gasteiger partial charge < -0.3 is 14.6 Å². The van der Waals surface area contributed by atoms with E-state index in [0.717, 1.165) is 25.7 Å². The average Bonchev–Trinajstić information content (AvgIpc) is 2.53. The van der Waals surface area contributed by atoms with E-state index in [4.69, 9.17) is 14.6 Å². The minimum absolute atomic E-state index is 0.0395. The van der Waals surface area contributed by atoms with Crippen molar-refractivity contribution in [2.45, 2.75) is 51.9 Å². The van der Waals surface area contributed by atoms with Crippen LogP contribution >= 0.6 is 0 Å². The van der Waals surface area contributed by atoms with Crippen LogP contribution in [-0.4, -0.2) is 30.9 Å². The largest absolute Gasteiger partial charge is 0.482 e. The summed E-state index contributed by atoms with van der Waals surface area (Å²) in [6.07, 6.45) is 7.84. The minimum atomic E-state index is -0.337.